The first-order valence-electron chi connectivity index (χ1n) is 1.56. The molecule has 0 fully saturated rings. The summed E-state index contributed by atoms with van der Waals surface area (Å²) in [4.78, 5) is 21.6. The van der Waals surface area contributed by atoms with Crippen molar-refractivity contribution < 1.29 is 34.3 Å². The van der Waals surface area contributed by atoms with Crippen LogP contribution in [-0.2, 0) is 4.57 Å². The summed E-state index contributed by atoms with van der Waals surface area (Å²) >= 11 is 0. The Kier molecular flexibility index (Phi) is 23.1. The Hall–Kier alpha value is 1.18. The van der Waals surface area contributed by atoms with E-state index >= 15 is 0 Å². The first-order valence-corrected chi connectivity index (χ1v) is 3.12. The number of phosphoric acid groups is 1. The summed E-state index contributed by atoms with van der Waals surface area (Å²) in [6.45, 7) is 0. The third-order valence-corrected chi connectivity index (χ3v) is 0. The van der Waals surface area contributed by atoms with Crippen molar-refractivity contribution in [2.45, 2.75) is 0 Å². The van der Waals surface area contributed by atoms with Gasteiger partial charge in [-0.25, -0.2) is 4.57 Å². The monoisotopic (exact) mass is 198 g/mol. The number of hydrogen-bond donors (Lipinski definition) is 6. The van der Waals surface area contributed by atoms with Crippen LogP contribution in [0.2, 0.25) is 0 Å². The minimum absolute atomic E-state index is 0. The Bertz CT molecular complexity index is 89.6. The summed E-state index contributed by atoms with van der Waals surface area (Å²) in [5.41, 5.74) is 0. The van der Waals surface area contributed by atoms with Crippen LogP contribution in [0.15, 0.2) is 0 Å². The summed E-state index contributed by atoms with van der Waals surface area (Å²) in [5, 5.41) is 21.5. The van der Waals surface area contributed by atoms with Crippen LogP contribution in [0.4, 0.5) is 0 Å². The zero-order chi connectivity index (χ0) is 8.08. The van der Waals surface area contributed by atoms with Crippen molar-refractivity contribution in [2.75, 3.05) is 0 Å². The summed E-state index contributed by atoms with van der Waals surface area (Å²) in [5.74, 6) is 0. The molecule has 11 heavy (non-hydrogen) atoms. The molecule has 0 rings (SSSR count). The van der Waals surface area contributed by atoms with Crippen molar-refractivity contribution in [3.05, 3.63) is 0 Å². The standard InChI is InChI=1S/Al.BH3O3.Li.H3O4P.4H/c;2-1(3)4;;1-5(2,3)4;;;;/h;2-4H;;(H3,1,2,3,4);;;;. The van der Waals surface area contributed by atoms with Crippen LogP contribution in [0.5, 0.6) is 0 Å². The van der Waals surface area contributed by atoms with Gasteiger partial charge in [0.1, 0.15) is 0 Å². The zero-order valence-corrected chi connectivity index (χ0v) is 5.01. The van der Waals surface area contributed by atoms with Crippen LogP contribution < -0.4 is 0 Å². The molecule has 0 amide bonds. The van der Waals surface area contributed by atoms with E-state index in [9.17, 15) is 0 Å². The summed E-state index contributed by atoms with van der Waals surface area (Å²) < 4.78 is 8.88. The molecular weight excluding hydrogens is 188 g/mol. The average molecular weight is 198 g/mol. The van der Waals surface area contributed by atoms with E-state index in [1.54, 1.807) is 0 Å². The fraction of sp³-hybridized carbons (Fsp3) is 0. The Morgan fingerprint density at radius 2 is 1.00 bits per heavy atom. The Morgan fingerprint density at radius 1 is 1.00 bits per heavy atom. The van der Waals surface area contributed by atoms with Crippen LogP contribution >= 0.6 is 7.82 Å². The van der Waals surface area contributed by atoms with Crippen molar-refractivity contribution in [3.63, 3.8) is 0 Å². The molecule has 0 aromatic heterocycles. The van der Waals surface area contributed by atoms with E-state index in [1.807, 2.05) is 0 Å². The van der Waals surface area contributed by atoms with Crippen molar-refractivity contribution in [1.29, 1.82) is 0 Å². The van der Waals surface area contributed by atoms with E-state index in [0.717, 1.165) is 0 Å². The van der Waals surface area contributed by atoms with Gasteiger partial charge >= 0.3 is 34.0 Å². The molecule has 0 saturated carbocycles. The van der Waals surface area contributed by atoms with E-state index in [-0.39, 0.29) is 36.2 Å². The van der Waals surface area contributed by atoms with Gasteiger partial charge in [0, 0.05) is 0 Å². The van der Waals surface area contributed by atoms with Gasteiger partial charge in [0.15, 0.2) is 17.4 Å². The molecule has 0 spiro atoms. The molecule has 0 unspecified atom stereocenters. The third-order valence-electron chi connectivity index (χ3n) is 0. The maximum absolute atomic E-state index is 8.88. The van der Waals surface area contributed by atoms with Crippen LogP contribution in [-0.4, -0.2) is 73.3 Å². The molecule has 7 nitrogen and oxygen atoms in total. The van der Waals surface area contributed by atoms with Gasteiger partial charge in [0.2, 0.25) is 0 Å². The summed E-state index contributed by atoms with van der Waals surface area (Å²) in [7, 11) is -6.81. The molecule has 0 aliphatic carbocycles. The fourth-order valence-corrected chi connectivity index (χ4v) is 0. The summed E-state index contributed by atoms with van der Waals surface area (Å²) in [6, 6.07) is 0. The molecule has 0 heterocycles. The van der Waals surface area contributed by atoms with E-state index < -0.39 is 15.1 Å². The molecule has 0 aromatic carbocycles. The predicted octanol–water partition coefficient (Wildman–Crippen LogP) is -4.81. The Balaban J connectivity index is -0.0000000383. The quantitative estimate of drug-likeness (QED) is 0.169. The molecule has 0 aromatic rings. The third kappa shape index (κ3) is 672. The Morgan fingerprint density at radius 3 is 1.00 bits per heavy atom. The second-order valence-electron chi connectivity index (χ2n) is 0.860. The fourth-order valence-electron chi connectivity index (χ4n) is 0. The SMILES string of the molecule is O=P(O)(O)O.OB(O)O.[AlH3].[LiH]. The molecule has 11 heteroatoms. The van der Waals surface area contributed by atoms with Crippen molar-refractivity contribution in [3.8, 4) is 0 Å². The normalized spacial score (nSPS) is 7.82. The van der Waals surface area contributed by atoms with E-state index in [1.165, 1.54) is 0 Å². The first kappa shape index (κ1) is 22.8. The minimum atomic E-state index is -4.64. The average Bonchev–Trinajstić information content (AvgIpc) is 1.19. The van der Waals surface area contributed by atoms with Gasteiger partial charge in [-0.3, -0.25) is 0 Å². The van der Waals surface area contributed by atoms with E-state index in [4.69, 9.17) is 34.3 Å². The van der Waals surface area contributed by atoms with Crippen molar-refractivity contribution in [1.82, 2.24) is 0 Å². The van der Waals surface area contributed by atoms with Gasteiger partial charge < -0.3 is 29.8 Å². The van der Waals surface area contributed by atoms with Crippen LogP contribution in [0.3, 0.4) is 0 Å². The molecule has 0 saturated heterocycles. The molecule has 0 radical (unpaired) electrons. The number of rotatable bonds is 0. The van der Waals surface area contributed by atoms with E-state index in [0.29, 0.717) is 0 Å². The summed E-state index contributed by atoms with van der Waals surface area (Å²) in [6.07, 6.45) is 0. The molecule has 0 aliphatic rings. The molecule has 64 valence electrons. The van der Waals surface area contributed by atoms with Crippen molar-refractivity contribution >= 4 is 51.4 Å². The van der Waals surface area contributed by atoms with Crippen LogP contribution in [0, 0.1) is 0 Å². The van der Waals surface area contributed by atoms with Gasteiger partial charge in [0.25, 0.3) is 0 Å². The van der Waals surface area contributed by atoms with E-state index in [2.05, 4.69) is 0 Å². The van der Waals surface area contributed by atoms with Gasteiger partial charge in [0.05, 0.1) is 0 Å². The molecule has 0 atom stereocenters. The zero-order valence-electron chi connectivity index (χ0n) is 4.12. The van der Waals surface area contributed by atoms with Crippen molar-refractivity contribution in [2.24, 2.45) is 0 Å². The van der Waals surface area contributed by atoms with Crippen LogP contribution in [0.25, 0.3) is 0 Å². The molecule has 0 aliphatic heterocycles. The Labute approximate surface area is 85.8 Å². The molecule has 0 bridgehead atoms. The predicted molar refractivity (Wildman–Crippen MR) is 43.8 cm³/mol. The second kappa shape index (κ2) is 11.2. The number of hydrogen-bond acceptors (Lipinski definition) is 4. The second-order valence-corrected chi connectivity index (χ2v) is 1.89. The topological polar surface area (TPSA) is 138 Å². The van der Waals surface area contributed by atoms with Gasteiger partial charge in [-0.1, -0.05) is 0 Å². The molecule has 6 N–H and O–H groups in total. The van der Waals surface area contributed by atoms with Gasteiger partial charge in [-0.05, 0) is 0 Å². The molecular formula is H10AlBLiO7P. The van der Waals surface area contributed by atoms with Gasteiger partial charge in [-0.2, -0.15) is 0 Å². The maximum atomic E-state index is 8.88. The van der Waals surface area contributed by atoms with Crippen LogP contribution in [0.1, 0.15) is 0 Å². The first-order chi connectivity index (χ1) is 3.73. The van der Waals surface area contributed by atoms with Gasteiger partial charge in [-0.15, -0.1) is 0 Å².